The Morgan fingerprint density at radius 2 is 1.61 bits per heavy atom. The molecule has 0 saturated heterocycles. The monoisotopic (exact) mass is 547 g/mol. The van der Waals surface area contributed by atoms with Crippen molar-refractivity contribution in [2.24, 2.45) is 0 Å². The van der Waals surface area contributed by atoms with Gasteiger partial charge in [-0.3, -0.25) is 13.9 Å². The average Bonchev–Trinajstić information content (AvgIpc) is 2.87. The van der Waals surface area contributed by atoms with Crippen LogP contribution in [0.1, 0.15) is 18.1 Å². The third-order valence-corrected chi connectivity index (χ3v) is 8.14. The standard InChI is InChI=1S/C26H27Cl2N3O4S/c1-18-13-14-21(27)15-24(18)31(36(34,35)22-10-5-4-6-11-22)17-25(32)30(19(2)26(33)29-3)16-20-9-7-8-12-23(20)28/h4-15,19H,16-17H2,1-3H3,(H,29,33)/t19-/m1/s1. The summed E-state index contributed by atoms with van der Waals surface area (Å²) in [5, 5.41) is 3.29. The Labute approximate surface area is 221 Å². The van der Waals surface area contributed by atoms with Crippen LogP contribution in [-0.2, 0) is 26.2 Å². The summed E-state index contributed by atoms with van der Waals surface area (Å²) in [5.74, 6) is -0.975. The molecule has 0 aliphatic heterocycles. The fourth-order valence-corrected chi connectivity index (χ4v) is 5.54. The van der Waals surface area contributed by atoms with Crippen LogP contribution in [0, 0.1) is 6.92 Å². The van der Waals surface area contributed by atoms with Gasteiger partial charge in [-0.1, -0.05) is 65.7 Å². The molecule has 0 heterocycles. The number of likely N-dealkylation sites (N-methyl/N-ethyl adjacent to an activating group) is 1. The minimum Gasteiger partial charge on any atom is -0.357 e. The highest BCUT2D eigenvalue weighted by Crippen LogP contribution is 2.30. The molecule has 0 aliphatic rings. The van der Waals surface area contributed by atoms with Gasteiger partial charge in [0.15, 0.2) is 0 Å². The van der Waals surface area contributed by atoms with Crippen LogP contribution >= 0.6 is 23.2 Å². The van der Waals surface area contributed by atoms with Crippen LogP contribution in [0.25, 0.3) is 0 Å². The molecule has 0 radical (unpaired) electrons. The molecule has 190 valence electrons. The van der Waals surface area contributed by atoms with Gasteiger partial charge in [0.25, 0.3) is 10.0 Å². The van der Waals surface area contributed by atoms with Crippen molar-refractivity contribution < 1.29 is 18.0 Å². The van der Waals surface area contributed by atoms with E-state index in [1.165, 1.54) is 30.1 Å². The van der Waals surface area contributed by atoms with Crippen molar-refractivity contribution in [3.05, 3.63) is 94.0 Å². The van der Waals surface area contributed by atoms with Gasteiger partial charge in [0.05, 0.1) is 10.6 Å². The zero-order valence-corrected chi connectivity index (χ0v) is 22.4. The number of hydrogen-bond acceptors (Lipinski definition) is 4. The minimum absolute atomic E-state index is 0.0147. The van der Waals surface area contributed by atoms with E-state index in [1.807, 2.05) is 0 Å². The maximum absolute atomic E-state index is 13.7. The van der Waals surface area contributed by atoms with Gasteiger partial charge in [0, 0.05) is 23.6 Å². The highest BCUT2D eigenvalue weighted by molar-refractivity contribution is 7.92. The zero-order chi connectivity index (χ0) is 26.5. The van der Waals surface area contributed by atoms with Crippen LogP contribution in [0.3, 0.4) is 0 Å². The van der Waals surface area contributed by atoms with E-state index in [0.717, 1.165) is 4.31 Å². The van der Waals surface area contributed by atoms with E-state index in [0.29, 0.717) is 21.2 Å². The van der Waals surface area contributed by atoms with Crippen LogP contribution in [0.2, 0.25) is 10.0 Å². The van der Waals surface area contributed by atoms with Crippen molar-refractivity contribution in [1.29, 1.82) is 0 Å². The second-order valence-corrected chi connectivity index (χ2v) is 10.9. The lowest BCUT2D eigenvalue weighted by Gasteiger charge is -2.32. The summed E-state index contributed by atoms with van der Waals surface area (Å²) in [6.07, 6.45) is 0. The highest BCUT2D eigenvalue weighted by Gasteiger charge is 2.33. The molecule has 0 spiro atoms. The molecule has 1 atom stereocenters. The highest BCUT2D eigenvalue weighted by atomic mass is 35.5. The summed E-state index contributed by atoms with van der Waals surface area (Å²) in [6.45, 7) is 2.78. The lowest BCUT2D eigenvalue weighted by atomic mass is 10.1. The number of nitrogens with one attached hydrogen (secondary N) is 1. The number of amides is 2. The number of sulfonamides is 1. The molecule has 0 aromatic heterocycles. The molecule has 36 heavy (non-hydrogen) atoms. The number of carbonyl (C=O) groups excluding carboxylic acids is 2. The van der Waals surface area contributed by atoms with Gasteiger partial charge >= 0.3 is 0 Å². The molecule has 0 unspecified atom stereocenters. The second kappa shape index (κ2) is 11.8. The quantitative estimate of drug-likeness (QED) is 0.422. The molecule has 3 aromatic rings. The Hall–Kier alpha value is -3.07. The molecule has 0 bridgehead atoms. The summed E-state index contributed by atoms with van der Waals surface area (Å²) in [5.41, 5.74) is 1.51. The van der Waals surface area contributed by atoms with Crippen LogP contribution in [0.4, 0.5) is 5.69 Å². The first kappa shape index (κ1) is 27.5. The molecule has 3 aromatic carbocycles. The summed E-state index contributed by atoms with van der Waals surface area (Å²) < 4.78 is 28.5. The molecule has 0 saturated carbocycles. The maximum atomic E-state index is 13.7. The Balaban J connectivity index is 2.08. The largest absolute Gasteiger partial charge is 0.357 e. The van der Waals surface area contributed by atoms with Gasteiger partial charge in [-0.05, 0) is 55.3 Å². The molecule has 0 aliphatic carbocycles. The fourth-order valence-electron chi connectivity index (χ4n) is 3.69. The van der Waals surface area contributed by atoms with Crippen molar-refractivity contribution >= 4 is 50.7 Å². The zero-order valence-electron chi connectivity index (χ0n) is 20.1. The van der Waals surface area contributed by atoms with Gasteiger partial charge < -0.3 is 10.2 Å². The van der Waals surface area contributed by atoms with Crippen molar-refractivity contribution in [1.82, 2.24) is 10.2 Å². The van der Waals surface area contributed by atoms with Crippen LogP contribution in [0.5, 0.6) is 0 Å². The first-order valence-electron chi connectivity index (χ1n) is 11.1. The number of aryl methyl sites for hydroxylation is 1. The van der Waals surface area contributed by atoms with Crippen LogP contribution in [0.15, 0.2) is 77.7 Å². The number of hydrogen-bond donors (Lipinski definition) is 1. The second-order valence-electron chi connectivity index (χ2n) is 8.16. The number of anilines is 1. The van der Waals surface area contributed by atoms with E-state index in [2.05, 4.69) is 5.32 Å². The molecule has 10 heteroatoms. The Morgan fingerprint density at radius 3 is 2.25 bits per heavy atom. The SMILES string of the molecule is CNC(=O)[C@@H](C)N(Cc1ccccc1Cl)C(=O)CN(c1cc(Cl)ccc1C)S(=O)(=O)c1ccccc1. The molecule has 3 rings (SSSR count). The Kier molecular flexibility index (Phi) is 9.00. The summed E-state index contributed by atoms with van der Waals surface area (Å²) in [7, 11) is -2.68. The van der Waals surface area contributed by atoms with Crippen LogP contribution < -0.4 is 9.62 Å². The Morgan fingerprint density at radius 1 is 0.972 bits per heavy atom. The molecule has 7 nitrogen and oxygen atoms in total. The van der Waals surface area contributed by atoms with E-state index in [9.17, 15) is 18.0 Å². The smallest absolute Gasteiger partial charge is 0.264 e. The number of nitrogens with zero attached hydrogens (tertiary/aromatic N) is 2. The number of rotatable bonds is 9. The lowest BCUT2D eigenvalue weighted by molar-refractivity contribution is -0.139. The predicted octanol–water partition coefficient (Wildman–Crippen LogP) is 4.66. The fraction of sp³-hybridized carbons (Fsp3) is 0.231. The van der Waals surface area contributed by atoms with Gasteiger partial charge in [-0.25, -0.2) is 8.42 Å². The van der Waals surface area contributed by atoms with E-state index in [4.69, 9.17) is 23.2 Å². The van der Waals surface area contributed by atoms with Crippen LogP contribution in [-0.4, -0.2) is 44.8 Å². The minimum atomic E-state index is -4.15. The van der Waals surface area contributed by atoms with Gasteiger partial charge in [-0.2, -0.15) is 0 Å². The molecule has 0 fully saturated rings. The summed E-state index contributed by atoms with van der Waals surface area (Å²) >= 11 is 12.5. The van der Waals surface area contributed by atoms with Gasteiger partial charge in [0.2, 0.25) is 11.8 Å². The number of halogens is 2. The van der Waals surface area contributed by atoms with E-state index < -0.39 is 34.4 Å². The average molecular weight is 548 g/mol. The maximum Gasteiger partial charge on any atom is 0.264 e. The molecular formula is C26H27Cl2N3O4S. The van der Waals surface area contributed by atoms with Gasteiger partial charge in [-0.15, -0.1) is 0 Å². The predicted molar refractivity (Wildman–Crippen MR) is 143 cm³/mol. The number of benzene rings is 3. The van der Waals surface area contributed by atoms with Crippen molar-refractivity contribution in [2.75, 3.05) is 17.9 Å². The lowest BCUT2D eigenvalue weighted by Crippen LogP contribution is -2.50. The first-order chi connectivity index (χ1) is 17.1. The summed E-state index contributed by atoms with van der Waals surface area (Å²) in [4.78, 5) is 27.6. The molecular weight excluding hydrogens is 521 g/mol. The van der Waals surface area contributed by atoms with E-state index >= 15 is 0 Å². The normalized spacial score (nSPS) is 12.0. The number of carbonyl (C=O) groups is 2. The van der Waals surface area contributed by atoms with Crippen molar-refractivity contribution in [3.63, 3.8) is 0 Å². The van der Waals surface area contributed by atoms with E-state index in [-0.39, 0.29) is 17.1 Å². The third kappa shape index (κ3) is 6.19. The van der Waals surface area contributed by atoms with Gasteiger partial charge in [0.1, 0.15) is 12.6 Å². The summed E-state index contributed by atoms with van der Waals surface area (Å²) in [6, 6.07) is 18.8. The van der Waals surface area contributed by atoms with Crippen molar-refractivity contribution in [2.45, 2.75) is 31.3 Å². The molecule has 1 N–H and O–H groups in total. The third-order valence-electron chi connectivity index (χ3n) is 5.76. The van der Waals surface area contributed by atoms with Crippen molar-refractivity contribution in [3.8, 4) is 0 Å². The first-order valence-corrected chi connectivity index (χ1v) is 13.3. The Bertz CT molecular complexity index is 1350. The molecule has 2 amide bonds. The topological polar surface area (TPSA) is 86.8 Å². The van der Waals surface area contributed by atoms with E-state index in [1.54, 1.807) is 68.4 Å².